The second-order valence-electron chi connectivity index (χ2n) is 9.32. The maximum Gasteiger partial charge on any atom is 0.234 e. The summed E-state index contributed by atoms with van der Waals surface area (Å²) >= 11 is 0. The standard InChI is InChI=1S/C30H35NO4/c1-20(2)21-12-15-23(16-13-21)31(19-27-28(34-4)10-7-11-29(27)35-5)30(32)25-9-6-8-22-14-17-24(33-3)18-26(22)25/h7,10-18,20,25H,6,8-9,19H2,1-5H3. The number of carbonyl (C=O) groups excluding carboxylic acids is 1. The van der Waals surface area contributed by atoms with E-state index in [0.717, 1.165) is 41.8 Å². The molecule has 1 unspecified atom stereocenters. The van der Waals surface area contributed by atoms with Crippen LogP contribution in [-0.4, -0.2) is 27.2 Å². The molecule has 1 aliphatic rings. The number of benzene rings is 3. The van der Waals surface area contributed by atoms with E-state index < -0.39 is 0 Å². The number of anilines is 1. The maximum atomic E-state index is 14.3. The SMILES string of the molecule is COc1ccc2c(c1)C(C(=O)N(Cc1c(OC)cccc1OC)c1ccc(C(C)C)cc1)CCC2. The Hall–Kier alpha value is -3.47. The fourth-order valence-corrected chi connectivity index (χ4v) is 4.93. The molecule has 1 aliphatic carbocycles. The molecule has 0 spiro atoms. The van der Waals surface area contributed by atoms with E-state index in [4.69, 9.17) is 14.2 Å². The van der Waals surface area contributed by atoms with Gasteiger partial charge in [-0.15, -0.1) is 0 Å². The molecule has 0 radical (unpaired) electrons. The Kier molecular flexibility index (Phi) is 7.64. The molecule has 3 aromatic carbocycles. The van der Waals surface area contributed by atoms with Gasteiger partial charge in [0.15, 0.2) is 0 Å². The number of amides is 1. The second-order valence-corrected chi connectivity index (χ2v) is 9.32. The zero-order valence-electron chi connectivity index (χ0n) is 21.3. The first kappa shape index (κ1) is 24.6. The molecule has 0 saturated heterocycles. The normalized spacial score (nSPS) is 14.9. The Bertz CT molecular complexity index is 1150. The van der Waals surface area contributed by atoms with Crippen LogP contribution in [0.4, 0.5) is 5.69 Å². The largest absolute Gasteiger partial charge is 0.497 e. The Morgan fingerprint density at radius 1 is 0.943 bits per heavy atom. The lowest BCUT2D eigenvalue weighted by Crippen LogP contribution is -2.36. The minimum absolute atomic E-state index is 0.0736. The fourth-order valence-electron chi connectivity index (χ4n) is 4.93. The molecule has 1 amide bonds. The van der Waals surface area contributed by atoms with Gasteiger partial charge in [0.25, 0.3) is 0 Å². The van der Waals surface area contributed by atoms with Gasteiger partial charge in [0.2, 0.25) is 5.91 Å². The Labute approximate surface area is 208 Å². The first-order valence-electron chi connectivity index (χ1n) is 12.2. The van der Waals surface area contributed by atoms with Crippen LogP contribution in [0.5, 0.6) is 17.2 Å². The first-order valence-corrected chi connectivity index (χ1v) is 12.2. The maximum absolute atomic E-state index is 14.3. The van der Waals surface area contributed by atoms with Gasteiger partial charge in [-0.3, -0.25) is 4.79 Å². The third-order valence-corrected chi connectivity index (χ3v) is 6.95. The zero-order chi connectivity index (χ0) is 24.9. The average Bonchev–Trinajstić information content (AvgIpc) is 2.90. The van der Waals surface area contributed by atoms with Crippen LogP contribution in [0.15, 0.2) is 60.7 Å². The van der Waals surface area contributed by atoms with Gasteiger partial charge in [-0.2, -0.15) is 0 Å². The molecule has 184 valence electrons. The highest BCUT2D eigenvalue weighted by molar-refractivity contribution is 5.98. The molecule has 0 saturated carbocycles. The van der Waals surface area contributed by atoms with Crippen LogP contribution in [0.3, 0.4) is 0 Å². The van der Waals surface area contributed by atoms with E-state index in [0.29, 0.717) is 24.0 Å². The minimum Gasteiger partial charge on any atom is -0.497 e. The zero-order valence-corrected chi connectivity index (χ0v) is 21.3. The fraction of sp³-hybridized carbons (Fsp3) is 0.367. The molecule has 0 aliphatic heterocycles. The van der Waals surface area contributed by atoms with Gasteiger partial charge in [0, 0.05) is 5.69 Å². The smallest absolute Gasteiger partial charge is 0.234 e. The third kappa shape index (κ3) is 5.14. The van der Waals surface area contributed by atoms with E-state index in [1.165, 1.54) is 11.1 Å². The second kappa shape index (κ2) is 10.9. The number of hydrogen-bond acceptors (Lipinski definition) is 4. The average molecular weight is 474 g/mol. The summed E-state index contributed by atoms with van der Waals surface area (Å²) in [6.45, 7) is 4.69. The monoisotopic (exact) mass is 473 g/mol. The van der Waals surface area contributed by atoms with Crippen molar-refractivity contribution >= 4 is 11.6 Å². The van der Waals surface area contributed by atoms with Crippen LogP contribution in [0, 0.1) is 0 Å². The molecule has 0 N–H and O–H groups in total. The van der Waals surface area contributed by atoms with Crippen molar-refractivity contribution in [2.75, 3.05) is 26.2 Å². The summed E-state index contributed by atoms with van der Waals surface area (Å²) < 4.78 is 16.8. The van der Waals surface area contributed by atoms with Crippen molar-refractivity contribution in [3.8, 4) is 17.2 Å². The van der Waals surface area contributed by atoms with Crippen molar-refractivity contribution in [2.45, 2.75) is 51.5 Å². The van der Waals surface area contributed by atoms with E-state index in [2.05, 4.69) is 32.0 Å². The number of ether oxygens (including phenoxy) is 3. The Morgan fingerprint density at radius 3 is 2.23 bits per heavy atom. The number of rotatable bonds is 8. The van der Waals surface area contributed by atoms with Crippen molar-refractivity contribution in [2.24, 2.45) is 0 Å². The van der Waals surface area contributed by atoms with Gasteiger partial charge in [0.1, 0.15) is 17.2 Å². The molecule has 5 nitrogen and oxygen atoms in total. The van der Waals surface area contributed by atoms with E-state index in [-0.39, 0.29) is 11.8 Å². The Morgan fingerprint density at radius 2 is 1.63 bits per heavy atom. The number of methoxy groups -OCH3 is 3. The molecule has 3 aromatic rings. The summed E-state index contributed by atoms with van der Waals surface area (Å²) in [6.07, 6.45) is 2.77. The highest BCUT2D eigenvalue weighted by atomic mass is 16.5. The van der Waals surface area contributed by atoms with Crippen LogP contribution in [0.1, 0.15) is 60.8 Å². The first-order chi connectivity index (χ1) is 17.0. The molecule has 5 heteroatoms. The van der Waals surface area contributed by atoms with Gasteiger partial charge in [-0.1, -0.05) is 38.1 Å². The van der Waals surface area contributed by atoms with Crippen molar-refractivity contribution < 1.29 is 19.0 Å². The van der Waals surface area contributed by atoms with Gasteiger partial charge < -0.3 is 19.1 Å². The predicted octanol–water partition coefficient (Wildman–Crippen LogP) is 6.49. The summed E-state index contributed by atoms with van der Waals surface area (Å²) in [6, 6.07) is 20.1. The summed E-state index contributed by atoms with van der Waals surface area (Å²) in [5.41, 5.74) is 5.24. The van der Waals surface area contributed by atoms with Crippen LogP contribution >= 0.6 is 0 Å². The number of carbonyl (C=O) groups is 1. The summed E-state index contributed by atoms with van der Waals surface area (Å²) in [5, 5.41) is 0. The van der Waals surface area contributed by atoms with E-state index in [1.807, 2.05) is 47.4 Å². The van der Waals surface area contributed by atoms with E-state index in [9.17, 15) is 4.79 Å². The van der Waals surface area contributed by atoms with Crippen molar-refractivity contribution in [1.82, 2.24) is 0 Å². The quantitative estimate of drug-likeness (QED) is 0.375. The van der Waals surface area contributed by atoms with E-state index in [1.54, 1.807) is 21.3 Å². The Balaban J connectivity index is 1.78. The predicted molar refractivity (Wildman–Crippen MR) is 140 cm³/mol. The van der Waals surface area contributed by atoms with Gasteiger partial charge in [-0.25, -0.2) is 0 Å². The van der Waals surface area contributed by atoms with E-state index >= 15 is 0 Å². The highest BCUT2D eigenvalue weighted by Gasteiger charge is 2.32. The van der Waals surface area contributed by atoms with Crippen LogP contribution in [0.2, 0.25) is 0 Å². The van der Waals surface area contributed by atoms with Gasteiger partial charge >= 0.3 is 0 Å². The number of fused-ring (bicyclic) bond motifs is 1. The topological polar surface area (TPSA) is 48.0 Å². The highest BCUT2D eigenvalue weighted by Crippen LogP contribution is 2.38. The molecule has 0 aromatic heterocycles. The third-order valence-electron chi connectivity index (χ3n) is 6.95. The molecule has 0 fully saturated rings. The molecule has 35 heavy (non-hydrogen) atoms. The number of nitrogens with zero attached hydrogens (tertiary/aromatic N) is 1. The van der Waals surface area contributed by atoms with Crippen LogP contribution in [0.25, 0.3) is 0 Å². The molecule has 0 bridgehead atoms. The molecule has 1 atom stereocenters. The minimum atomic E-state index is -0.237. The molecular weight excluding hydrogens is 438 g/mol. The van der Waals surface area contributed by atoms with Crippen LogP contribution < -0.4 is 19.1 Å². The number of hydrogen-bond donors (Lipinski definition) is 0. The number of aryl methyl sites for hydroxylation is 1. The van der Waals surface area contributed by atoms with Crippen molar-refractivity contribution in [1.29, 1.82) is 0 Å². The molecule has 4 rings (SSSR count). The van der Waals surface area contributed by atoms with Crippen LogP contribution in [-0.2, 0) is 17.8 Å². The lowest BCUT2D eigenvalue weighted by Gasteiger charge is -2.32. The molecule has 0 heterocycles. The lowest BCUT2D eigenvalue weighted by molar-refractivity contribution is -0.120. The van der Waals surface area contributed by atoms with Gasteiger partial charge in [-0.05, 0) is 78.3 Å². The van der Waals surface area contributed by atoms with Gasteiger partial charge in [0.05, 0.1) is 39.4 Å². The van der Waals surface area contributed by atoms with Crippen molar-refractivity contribution in [3.63, 3.8) is 0 Å². The summed E-state index contributed by atoms with van der Waals surface area (Å²) in [5.74, 6) is 2.44. The lowest BCUT2D eigenvalue weighted by atomic mass is 9.81. The van der Waals surface area contributed by atoms with Crippen molar-refractivity contribution in [3.05, 3.63) is 82.9 Å². The summed E-state index contributed by atoms with van der Waals surface area (Å²) in [7, 11) is 4.95. The molecular formula is C30H35NO4. The summed E-state index contributed by atoms with van der Waals surface area (Å²) in [4.78, 5) is 16.2.